The molecule has 0 unspecified atom stereocenters. The van der Waals surface area contributed by atoms with Crippen molar-refractivity contribution >= 4 is 12.0 Å². The van der Waals surface area contributed by atoms with E-state index in [4.69, 9.17) is 4.74 Å². The van der Waals surface area contributed by atoms with E-state index in [0.717, 1.165) is 5.56 Å². The Labute approximate surface area is 123 Å². The van der Waals surface area contributed by atoms with Gasteiger partial charge in [-0.1, -0.05) is 30.3 Å². The average Bonchev–Trinajstić information content (AvgIpc) is 2.43. The zero-order valence-electron chi connectivity index (χ0n) is 12.5. The van der Waals surface area contributed by atoms with E-state index in [9.17, 15) is 14.0 Å². The topological polar surface area (TPSA) is 67.4 Å². The predicted octanol–water partition coefficient (Wildman–Crippen LogP) is 2.17. The Balaban J connectivity index is 2.54. The van der Waals surface area contributed by atoms with E-state index >= 15 is 0 Å². The van der Waals surface area contributed by atoms with Crippen LogP contribution in [0.1, 0.15) is 25.8 Å². The highest BCUT2D eigenvalue weighted by atomic mass is 19.1. The molecular weight excluding hydrogens is 275 g/mol. The number of nitrogens with one attached hydrogen (secondary N) is 2. The van der Waals surface area contributed by atoms with Gasteiger partial charge in [-0.15, -0.1) is 0 Å². The van der Waals surface area contributed by atoms with Gasteiger partial charge in [-0.25, -0.2) is 9.18 Å². The largest absolute Gasteiger partial charge is 0.445 e. The molecule has 0 heterocycles. The van der Waals surface area contributed by atoms with E-state index in [-0.39, 0.29) is 13.0 Å². The Morgan fingerprint density at radius 3 is 2.43 bits per heavy atom. The van der Waals surface area contributed by atoms with Gasteiger partial charge in [0.15, 0.2) is 0 Å². The number of carbonyl (C=O) groups is 2. The molecule has 0 saturated heterocycles. The molecule has 0 fully saturated rings. The van der Waals surface area contributed by atoms with Crippen LogP contribution in [0.4, 0.5) is 9.18 Å². The van der Waals surface area contributed by atoms with Crippen molar-refractivity contribution in [1.82, 2.24) is 10.6 Å². The van der Waals surface area contributed by atoms with Crippen LogP contribution in [0, 0.1) is 0 Å². The molecule has 116 valence electrons. The summed E-state index contributed by atoms with van der Waals surface area (Å²) in [5.41, 5.74) is -0.751. The van der Waals surface area contributed by atoms with Crippen LogP contribution in [0.3, 0.4) is 0 Å². The monoisotopic (exact) mass is 296 g/mol. The fourth-order valence-electron chi connectivity index (χ4n) is 1.78. The quantitative estimate of drug-likeness (QED) is 0.845. The Morgan fingerprint density at radius 1 is 1.29 bits per heavy atom. The first-order valence-electron chi connectivity index (χ1n) is 6.69. The van der Waals surface area contributed by atoms with Gasteiger partial charge in [0.1, 0.15) is 18.3 Å². The van der Waals surface area contributed by atoms with E-state index in [0.29, 0.717) is 0 Å². The maximum absolute atomic E-state index is 13.7. The highest BCUT2D eigenvalue weighted by Crippen LogP contribution is 2.16. The molecule has 21 heavy (non-hydrogen) atoms. The lowest BCUT2D eigenvalue weighted by atomic mass is 10.0. The molecule has 0 aliphatic heterocycles. The number of alkyl carbamates (subject to hydrolysis) is 1. The Kier molecular flexibility index (Phi) is 6.14. The number of hydrogen-bond acceptors (Lipinski definition) is 3. The summed E-state index contributed by atoms with van der Waals surface area (Å²) in [4.78, 5) is 23.3. The fourth-order valence-corrected chi connectivity index (χ4v) is 1.78. The zero-order valence-corrected chi connectivity index (χ0v) is 12.5. The number of carbonyl (C=O) groups excluding carboxylic acids is 2. The van der Waals surface area contributed by atoms with Crippen LogP contribution in [-0.2, 0) is 16.1 Å². The summed E-state index contributed by atoms with van der Waals surface area (Å²) in [5, 5.41) is 4.77. The first kappa shape index (κ1) is 16.9. The van der Waals surface area contributed by atoms with Crippen molar-refractivity contribution in [3.05, 3.63) is 35.9 Å². The molecule has 0 aliphatic rings. The van der Waals surface area contributed by atoms with Crippen LogP contribution in [0.2, 0.25) is 0 Å². The Morgan fingerprint density at radius 2 is 1.90 bits per heavy atom. The number of rotatable bonds is 6. The van der Waals surface area contributed by atoms with Crippen LogP contribution in [0.15, 0.2) is 30.3 Å². The summed E-state index contributed by atoms with van der Waals surface area (Å²) in [7, 11) is 1.43. The molecular formula is C15H21FN2O3. The molecule has 5 nitrogen and oxygen atoms in total. The second kappa shape index (κ2) is 7.61. The molecule has 0 spiro atoms. The Bertz CT molecular complexity index is 472. The molecule has 0 saturated carbocycles. The van der Waals surface area contributed by atoms with Crippen molar-refractivity contribution in [2.45, 2.75) is 38.6 Å². The summed E-state index contributed by atoms with van der Waals surface area (Å²) in [6.45, 7) is 2.78. The first-order valence-corrected chi connectivity index (χ1v) is 6.69. The van der Waals surface area contributed by atoms with Crippen LogP contribution >= 0.6 is 0 Å². The van der Waals surface area contributed by atoms with Gasteiger partial charge >= 0.3 is 6.09 Å². The highest BCUT2D eigenvalue weighted by molar-refractivity contribution is 5.85. The summed E-state index contributed by atoms with van der Waals surface area (Å²) < 4.78 is 18.7. The average molecular weight is 296 g/mol. The van der Waals surface area contributed by atoms with E-state index in [1.54, 1.807) is 0 Å². The van der Waals surface area contributed by atoms with E-state index in [2.05, 4.69) is 10.6 Å². The van der Waals surface area contributed by atoms with Gasteiger partial charge < -0.3 is 15.4 Å². The van der Waals surface area contributed by atoms with Crippen molar-refractivity contribution < 1.29 is 18.7 Å². The molecule has 0 aliphatic carbocycles. The van der Waals surface area contributed by atoms with Crippen LogP contribution < -0.4 is 10.6 Å². The molecule has 1 rings (SSSR count). The minimum atomic E-state index is -1.58. The maximum Gasteiger partial charge on any atom is 0.408 e. The normalized spacial score (nSPS) is 12.4. The molecule has 1 aromatic rings. The van der Waals surface area contributed by atoms with Gasteiger partial charge in [0.05, 0.1) is 0 Å². The van der Waals surface area contributed by atoms with Crippen LogP contribution in [-0.4, -0.2) is 30.8 Å². The minimum absolute atomic E-state index is 0.0894. The number of alkyl halides is 1. The van der Waals surface area contributed by atoms with Crippen LogP contribution in [0.5, 0.6) is 0 Å². The van der Waals surface area contributed by atoms with Crippen molar-refractivity contribution in [2.75, 3.05) is 7.05 Å². The lowest BCUT2D eigenvalue weighted by molar-refractivity contribution is -0.123. The van der Waals surface area contributed by atoms with E-state index < -0.39 is 23.7 Å². The summed E-state index contributed by atoms with van der Waals surface area (Å²) in [5.74, 6) is -0.461. The molecule has 6 heteroatoms. The lowest BCUT2D eigenvalue weighted by Crippen LogP contribution is -2.48. The minimum Gasteiger partial charge on any atom is -0.445 e. The van der Waals surface area contributed by atoms with E-state index in [1.165, 1.54) is 20.9 Å². The maximum atomic E-state index is 13.7. The van der Waals surface area contributed by atoms with Gasteiger partial charge in [0, 0.05) is 13.5 Å². The van der Waals surface area contributed by atoms with Crippen molar-refractivity contribution in [2.24, 2.45) is 0 Å². The van der Waals surface area contributed by atoms with Gasteiger partial charge in [-0.2, -0.15) is 0 Å². The molecule has 0 aromatic heterocycles. The third-order valence-corrected chi connectivity index (χ3v) is 2.76. The molecule has 2 amide bonds. The second-order valence-corrected chi connectivity index (χ2v) is 5.30. The van der Waals surface area contributed by atoms with Gasteiger partial charge in [0.25, 0.3) is 0 Å². The van der Waals surface area contributed by atoms with Gasteiger partial charge in [-0.05, 0) is 19.4 Å². The predicted molar refractivity (Wildman–Crippen MR) is 77.4 cm³/mol. The third kappa shape index (κ3) is 6.74. The zero-order chi connectivity index (χ0) is 15.9. The second-order valence-electron chi connectivity index (χ2n) is 5.30. The van der Waals surface area contributed by atoms with Crippen molar-refractivity contribution in [3.8, 4) is 0 Å². The smallest absolute Gasteiger partial charge is 0.408 e. The fraction of sp³-hybridized carbons (Fsp3) is 0.467. The summed E-state index contributed by atoms with van der Waals surface area (Å²) in [6, 6.07) is 8.17. The lowest BCUT2D eigenvalue weighted by Gasteiger charge is -2.22. The SMILES string of the molecule is CNC(=O)[C@H](CC(C)(C)F)NC(=O)OCc1ccccc1. The number of ether oxygens (including phenoxy) is 1. The Hall–Kier alpha value is -2.11. The standard InChI is InChI=1S/C15H21FN2O3/c1-15(2,16)9-12(13(19)17-3)18-14(20)21-10-11-7-5-4-6-8-11/h4-8,12H,9-10H2,1-3H3,(H,17,19)(H,18,20)/t12-/m0/s1. The molecule has 0 radical (unpaired) electrons. The first-order chi connectivity index (χ1) is 9.81. The van der Waals surface area contributed by atoms with Crippen molar-refractivity contribution in [3.63, 3.8) is 0 Å². The number of likely N-dealkylation sites (N-methyl/N-ethyl adjacent to an activating group) is 1. The molecule has 1 atom stereocenters. The molecule has 1 aromatic carbocycles. The summed E-state index contributed by atoms with van der Waals surface area (Å²) in [6.07, 6.45) is -0.885. The van der Waals surface area contributed by atoms with Gasteiger partial charge in [-0.3, -0.25) is 4.79 Å². The molecule has 2 N–H and O–H groups in total. The number of hydrogen-bond donors (Lipinski definition) is 2. The van der Waals surface area contributed by atoms with Crippen LogP contribution in [0.25, 0.3) is 0 Å². The van der Waals surface area contributed by atoms with Gasteiger partial charge in [0.2, 0.25) is 5.91 Å². The van der Waals surface area contributed by atoms with E-state index in [1.807, 2.05) is 30.3 Å². The summed E-state index contributed by atoms with van der Waals surface area (Å²) >= 11 is 0. The number of amides is 2. The highest BCUT2D eigenvalue weighted by Gasteiger charge is 2.28. The number of halogens is 1. The molecule has 0 bridgehead atoms. The number of benzene rings is 1. The third-order valence-electron chi connectivity index (χ3n) is 2.76. The van der Waals surface area contributed by atoms with Crippen molar-refractivity contribution in [1.29, 1.82) is 0 Å².